The van der Waals surface area contributed by atoms with Gasteiger partial charge >= 0.3 is 13.8 Å². The smallest absolute Gasteiger partial charge is 0.469 e. The fourth-order valence-electron chi connectivity index (χ4n) is 0.833. The minimum atomic E-state index is -4.86. The Morgan fingerprint density at radius 2 is 1.59 bits per heavy atom. The molecule has 0 aliphatic carbocycles. The van der Waals surface area contributed by atoms with Gasteiger partial charge in [0.1, 0.15) is 18.3 Å². The lowest BCUT2D eigenvalue weighted by molar-refractivity contribution is -0.164. The molecule has 0 aliphatic rings. The van der Waals surface area contributed by atoms with E-state index in [1.165, 1.54) is 0 Å². The average molecular weight is 276 g/mol. The summed E-state index contributed by atoms with van der Waals surface area (Å²) in [7, 11) is -4.86. The summed E-state index contributed by atoms with van der Waals surface area (Å²) in [6.07, 6.45) is -8.71. The van der Waals surface area contributed by atoms with Gasteiger partial charge in [0.2, 0.25) is 0 Å². The van der Waals surface area contributed by atoms with Crippen LogP contribution in [0.1, 0.15) is 0 Å². The Kier molecular flexibility index (Phi) is 6.16. The molecule has 0 saturated heterocycles. The summed E-state index contributed by atoms with van der Waals surface area (Å²) < 4.78 is 14.1. The van der Waals surface area contributed by atoms with Crippen LogP contribution in [0.5, 0.6) is 0 Å². The molecule has 10 nitrogen and oxygen atoms in total. The van der Waals surface area contributed by atoms with E-state index in [9.17, 15) is 9.36 Å². The van der Waals surface area contributed by atoms with Gasteiger partial charge in [0.25, 0.3) is 0 Å². The first-order chi connectivity index (χ1) is 7.56. The fourth-order valence-corrected chi connectivity index (χ4v) is 1.18. The molecule has 17 heavy (non-hydrogen) atoms. The number of carboxylic acids is 1. The van der Waals surface area contributed by atoms with Gasteiger partial charge in [-0.25, -0.2) is 9.36 Å². The molecule has 4 atom stereocenters. The van der Waals surface area contributed by atoms with E-state index in [4.69, 9.17) is 35.3 Å². The molecule has 0 aromatic rings. The van der Waals surface area contributed by atoms with Gasteiger partial charge < -0.3 is 35.3 Å². The molecule has 0 spiro atoms. The number of phosphoric acid groups is 1. The van der Waals surface area contributed by atoms with E-state index < -0.39 is 44.8 Å². The molecule has 0 aromatic heterocycles. The van der Waals surface area contributed by atoms with Gasteiger partial charge in [-0.15, -0.1) is 0 Å². The van der Waals surface area contributed by atoms with E-state index in [0.29, 0.717) is 0 Å². The van der Waals surface area contributed by atoms with Gasteiger partial charge in [0.15, 0.2) is 6.10 Å². The Labute approximate surface area is 94.9 Å². The molecular formula is C6H13O10P. The average Bonchev–Trinajstić information content (AvgIpc) is 2.21. The molecule has 0 amide bonds. The maximum atomic E-state index is 10.2. The van der Waals surface area contributed by atoms with E-state index in [1.54, 1.807) is 0 Å². The van der Waals surface area contributed by atoms with Crippen molar-refractivity contribution >= 4 is 13.8 Å². The number of hydrogen-bond donors (Lipinski definition) is 7. The van der Waals surface area contributed by atoms with Gasteiger partial charge in [-0.1, -0.05) is 0 Å². The van der Waals surface area contributed by atoms with Crippen molar-refractivity contribution in [3.63, 3.8) is 0 Å². The number of phosphoric ester groups is 1. The lowest BCUT2D eigenvalue weighted by Crippen LogP contribution is -2.48. The van der Waals surface area contributed by atoms with Gasteiger partial charge in [0.05, 0.1) is 6.61 Å². The second kappa shape index (κ2) is 6.38. The lowest BCUT2D eigenvalue weighted by Gasteiger charge is -2.24. The normalized spacial score (nSPS) is 19.4. The summed E-state index contributed by atoms with van der Waals surface area (Å²) in [6, 6.07) is 0. The third-order valence-corrected chi connectivity index (χ3v) is 2.22. The third kappa shape index (κ3) is 6.05. The second-order valence-corrected chi connectivity index (χ2v) is 4.36. The van der Waals surface area contributed by atoms with Crippen LogP contribution in [0.3, 0.4) is 0 Å². The topological polar surface area (TPSA) is 185 Å². The Hall–Kier alpha value is -0.580. The molecular weight excluding hydrogens is 263 g/mol. The maximum Gasteiger partial charge on any atom is 0.469 e. The van der Waals surface area contributed by atoms with Crippen LogP contribution in [0.4, 0.5) is 0 Å². The van der Waals surface area contributed by atoms with Crippen molar-refractivity contribution < 1.29 is 49.2 Å². The minimum Gasteiger partial charge on any atom is -0.479 e. The fraction of sp³-hybridized carbons (Fsp3) is 0.833. The molecule has 0 bridgehead atoms. The summed E-state index contributed by atoms with van der Waals surface area (Å²) in [5.74, 6) is -1.83. The van der Waals surface area contributed by atoms with Crippen molar-refractivity contribution in [1.29, 1.82) is 0 Å². The number of carboxylic acid groups (broad SMARTS) is 1. The monoisotopic (exact) mass is 276 g/mol. The van der Waals surface area contributed by atoms with E-state index in [1.807, 2.05) is 0 Å². The number of aliphatic carboxylic acids is 1. The molecule has 102 valence electrons. The van der Waals surface area contributed by atoms with Gasteiger partial charge in [-0.3, -0.25) is 4.52 Å². The Balaban J connectivity index is 4.34. The van der Waals surface area contributed by atoms with E-state index in [-0.39, 0.29) is 0 Å². The summed E-state index contributed by atoms with van der Waals surface area (Å²) >= 11 is 0. The van der Waals surface area contributed by atoms with Gasteiger partial charge in [-0.2, -0.15) is 0 Å². The van der Waals surface area contributed by atoms with Crippen LogP contribution in [-0.2, 0) is 13.9 Å². The highest BCUT2D eigenvalue weighted by Crippen LogP contribution is 2.35. The predicted octanol–water partition coefficient (Wildman–Crippen LogP) is -3.38. The maximum absolute atomic E-state index is 10.2. The Morgan fingerprint density at radius 1 is 1.12 bits per heavy atom. The Bertz CT molecular complexity index is 299. The highest BCUT2D eigenvalue weighted by atomic mass is 31.2. The van der Waals surface area contributed by atoms with Crippen molar-refractivity contribution in [3.05, 3.63) is 0 Å². The molecule has 0 unspecified atom stereocenters. The first-order valence-electron chi connectivity index (χ1n) is 4.21. The molecule has 0 heterocycles. The van der Waals surface area contributed by atoms with Crippen molar-refractivity contribution in [2.24, 2.45) is 0 Å². The summed E-state index contributed by atoms with van der Waals surface area (Å²) in [4.78, 5) is 26.8. The van der Waals surface area contributed by atoms with E-state index >= 15 is 0 Å². The molecule has 0 radical (unpaired) electrons. The van der Waals surface area contributed by atoms with Crippen molar-refractivity contribution in [1.82, 2.24) is 0 Å². The second-order valence-electron chi connectivity index (χ2n) is 3.12. The Morgan fingerprint density at radius 3 is 1.94 bits per heavy atom. The molecule has 7 N–H and O–H groups in total. The molecule has 0 rings (SSSR count). The van der Waals surface area contributed by atoms with Crippen molar-refractivity contribution in [3.8, 4) is 0 Å². The molecule has 0 aliphatic heterocycles. The molecule has 0 saturated carbocycles. The largest absolute Gasteiger partial charge is 0.479 e. The number of hydrogen-bond acceptors (Lipinski definition) is 7. The summed E-state index contributed by atoms with van der Waals surface area (Å²) in [5.41, 5.74) is 0. The highest BCUT2D eigenvalue weighted by Gasteiger charge is 2.35. The minimum absolute atomic E-state index is 1.05. The molecule has 11 heteroatoms. The van der Waals surface area contributed by atoms with Crippen LogP contribution in [-0.4, -0.2) is 72.3 Å². The van der Waals surface area contributed by atoms with Gasteiger partial charge in [0, 0.05) is 0 Å². The zero-order valence-corrected chi connectivity index (χ0v) is 9.21. The quantitative estimate of drug-likeness (QED) is 0.231. The van der Waals surface area contributed by atoms with E-state index in [0.717, 1.165) is 0 Å². The van der Waals surface area contributed by atoms with Gasteiger partial charge in [-0.05, 0) is 0 Å². The number of aliphatic hydroxyl groups is 4. The standard InChI is InChI=1S/C6H13O10P/c7-2(1-16-17(13,14)15)3(8)4(9)5(10)6(11)12/h2-5,7-10H,1H2,(H,11,12)(H2,13,14,15)/t2-,3+,4-,5+/m0/s1. The van der Waals surface area contributed by atoms with Crippen LogP contribution >= 0.6 is 7.82 Å². The zero-order chi connectivity index (χ0) is 13.8. The van der Waals surface area contributed by atoms with E-state index in [2.05, 4.69) is 4.52 Å². The zero-order valence-electron chi connectivity index (χ0n) is 8.32. The van der Waals surface area contributed by atoms with Crippen molar-refractivity contribution in [2.75, 3.05) is 6.61 Å². The number of rotatable bonds is 7. The van der Waals surface area contributed by atoms with Crippen LogP contribution in [0.15, 0.2) is 0 Å². The van der Waals surface area contributed by atoms with Crippen LogP contribution in [0.25, 0.3) is 0 Å². The van der Waals surface area contributed by atoms with Crippen LogP contribution in [0, 0.1) is 0 Å². The first kappa shape index (κ1) is 16.4. The predicted molar refractivity (Wildman–Crippen MR) is 49.7 cm³/mol. The first-order valence-corrected chi connectivity index (χ1v) is 5.74. The summed E-state index contributed by atoms with van der Waals surface area (Å²) in [6.45, 7) is -1.05. The molecule has 0 fully saturated rings. The summed E-state index contributed by atoms with van der Waals surface area (Å²) in [5, 5.41) is 44.4. The lowest BCUT2D eigenvalue weighted by atomic mass is 10.0. The van der Waals surface area contributed by atoms with Crippen molar-refractivity contribution in [2.45, 2.75) is 24.4 Å². The third-order valence-electron chi connectivity index (χ3n) is 1.73. The highest BCUT2D eigenvalue weighted by molar-refractivity contribution is 7.46. The SMILES string of the molecule is O=C(O)[C@H](O)[C@@H](O)[C@H](O)[C@@H](O)COP(=O)(O)O. The van der Waals surface area contributed by atoms with Crippen LogP contribution in [0.2, 0.25) is 0 Å². The molecule has 0 aromatic carbocycles. The number of carbonyl (C=O) groups is 1. The number of aliphatic hydroxyl groups excluding tert-OH is 4. The van der Waals surface area contributed by atoms with Crippen LogP contribution < -0.4 is 0 Å².